The van der Waals surface area contributed by atoms with Gasteiger partial charge in [-0.15, -0.1) is 0 Å². The SMILES string of the molecule is CC.CCc1ccc(O)cc1.Oc1ccccc1. The van der Waals surface area contributed by atoms with E-state index in [1.54, 1.807) is 36.4 Å². The van der Waals surface area contributed by atoms with Crippen LogP contribution in [0.1, 0.15) is 26.3 Å². The van der Waals surface area contributed by atoms with Crippen LogP contribution in [-0.4, -0.2) is 10.2 Å². The second-order valence-corrected chi connectivity index (χ2v) is 3.36. The molecule has 2 heteroatoms. The molecular weight excluding hydrogens is 224 g/mol. The second-order valence-electron chi connectivity index (χ2n) is 3.36. The van der Waals surface area contributed by atoms with Crippen molar-refractivity contribution in [1.82, 2.24) is 0 Å². The van der Waals surface area contributed by atoms with E-state index in [-0.39, 0.29) is 0 Å². The molecule has 18 heavy (non-hydrogen) atoms. The molecule has 0 bridgehead atoms. The number of phenolic OH excluding ortho intramolecular Hbond substituents is 2. The van der Waals surface area contributed by atoms with Gasteiger partial charge in [0.05, 0.1) is 0 Å². The van der Waals surface area contributed by atoms with Gasteiger partial charge in [0.15, 0.2) is 0 Å². The highest BCUT2D eigenvalue weighted by molar-refractivity contribution is 5.25. The molecule has 0 spiro atoms. The van der Waals surface area contributed by atoms with Crippen LogP contribution < -0.4 is 0 Å². The molecule has 2 aromatic rings. The molecule has 2 aromatic carbocycles. The van der Waals surface area contributed by atoms with Crippen LogP contribution in [0.25, 0.3) is 0 Å². The van der Waals surface area contributed by atoms with Gasteiger partial charge in [-0.1, -0.05) is 51.1 Å². The molecule has 98 valence electrons. The molecule has 2 nitrogen and oxygen atoms in total. The van der Waals surface area contributed by atoms with Crippen LogP contribution in [0.2, 0.25) is 0 Å². The lowest BCUT2D eigenvalue weighted by atomic mass is 10.2. The summed E-state index contributed by atoms with van der Waals surface area (Å²) in [7, 11) is 0. The zero-order chi connectivity index (χ0) is 13.8. The first-order valence-corrected chi connectivity index (χ1v) is 6.24. The Morgan fingerprint density at radius 3 is 1.50 bits per heavy atom. The van der Waals surface area contributed by atoms with Gasteiger partial charge in [0.1, 0.15) is 11.5 Å². The lowest BCUT2D eigenvalue weighted by Gasteiger charge is -1.93. The maximum atomic E-state index is 8.85. The Balaban J connectivity index is 0.000000289. The molecule has 0 heterocycles. The van der Waals surface area contributed by atoms with Gasteiger partial charge in [-0.25, -0.2) is 0 Å². The summed E-state index contributed by atoms with van der Waals surface area (Å²) in [6.07, 6.45) is 1.03. The van der Waals surface area contributed by atoms with Crippen LogP contribution in [0.4, 0.5) is 0 Å². The number of para-hydroxylation sites is 1. The Bertz CT molecular complexity index is 393. The Morgan fingerprint density at radius 2 is 1.17 bits per heavy atom. The smallest absolute Gasteiger partial charge is 0.115 e. The first-order chi connectivity index (χ1) is 8.72. The van der Waals surface area contributed by atoms with Crippen molar-refractivity contribution in [2.24, 2.45) is 0 Å². The molecule has 0 atom stereocenters. The van der Waals surface area contributed by atoms with E-state index in [1.807, 2.05) is 32.0 Å². The minimum atomic E-state index is 0.322. The predicted molar refractivity (Wildman–Crippen MR) is 76.9 cm³/mol. The van der Waals surface area contributed by atoms with Gasteiger partial charge in [0.2, 0.25) is 0 Å². The maximum absolute atomic E-state index is 8.85. The van der Waals surface area contributed by atoms with Crippen molar-refractivity contribution in [2.45, 2.75) is 27.2 Å². The van der Waals surface area contributed by atoms with Crippen molar-refractivity contribution in [2.75, 3.05) is 0 Å². The van der Waals surface area contributed by atoms with Crippen molar-refractivity contribution in [3.05, 3.63) is 60.2 Å². The molecule has 2 N–H and O–H groups in total. The Morgan fingerprint density at radius 1 is 0.722 bits per heavy atom. The number of phenols is 2. The lowest BCUT2D eigenvalue weighted by molar-refractivity contribution is 0.474. The zero-order valence-electron chi connectivity index (χ0n) is 11.3. The van der Waals surface area contributed by atoms with Gasteiger partial charge in [-0.3, -0.25) is 0 Å². The summed E-state index contributed by atoms with van der Waals surface area (Å²) in [5.41, 5.74) is 1.26. The predicted octanol–water partition coefficient (Wildman–Crippen LogP) is 4.37. The zero-order valence-corrected chi connectivity index (χ0v) is 11.3. The molecule has 0 aliphatic carbocycles. The summed E-state index contributed by atoms with van der Waals surface area (Å²) < 4.78 is 0. The summed E-state index contributed by atoms with van der Waals surface area (Å²) in [6.45, 7) is 6.09. The summed E-state index contributed by atoms with van der Waals surface area (Å²) in [4.78, 5) is 0. The van der Waals surface area contributed by atoms with Gasteiger partial charge < -0.3 is 10.2 Å². The minimum Gasteiger partial charge on any atom is -0.508 e. The summed E-state index contributed by atoms with van der Waals surface area (Å²) in [6, 6.07) is 16.0. The highest BCUT2D eigenvalue weighted by Crippen LogP contribution is 2.09. The van der Waals surface area contributed by atoms with E-state index in [4.69, 9.17) is 10.2 Å². The maximum Gasteiger partial charge on any atom is 0.115 e. The number of hydrogen-bond donors (Lipinski definition) is 2. The second kappa shape index (κ2) is 10.2. The van der Waals surface area contributed by atoms with Crippen LogP contribution in [0.3, 0.4) is 0 Å². The van der Waals surface area contributed by atoms with Crippen LogP contribution >= 0.6 is 0 Å². The molecule has 0 aliphatic rings. The topological polar surface area (TPSA) is 40.5 Å². The average molecular weight is 246 g/mol. The van der Waals surface area contributed by atoms with E-state index in [1.165, 1.54) is 5.56 Å². The fraction of sp³-hybridized carbons (Fsp3) is 0.250. The molecule has 0 amide bonds. The van der Waals surface area contributed by atoms with E-state index in [0.29, 0.717) is 11.5 Å². The third-order valence-electron chi connectivity index (χ3n) is 2.10. The van der Waals surface area contributed by atoms with Crippen LogP contribution in [0.5, 0.6) is 11.5 Å². The van der Waals surface area contributed by atoms with Gasteiger partial charge in [-0.2, -0.15) is 0 Å². The van der Waals surface area contributed by atoms with Gasteiger partial charge in [-0.05, 0) is 36.2 Å². The number of benzene rings is 2. The molecule has 0 fully saturated rings. The Kier molecular flexibility index (Phi) is 9.10. The van der Waals surface area contributed by atoms with Crippen molar-refractivity contribution in [1.29, 1.82) is 0 Å². The molecule has 0 saturated heterocycles. The number of rotatable bonds is 1. The molecular formula is C16H22O2. The molecule has 0 radical (unpaired) electrons. The van der Waals surface area contributed by atoms with E-state index >= 15 is 0 Å². The number of hydrogen-bond acceptors (Lipinski definition) is 2. The average Bonchev–Trinajstić information content (AvgIpc) is 2.43. The number of aryl methyl sites for hydroxylation is 1. The molecule has 0 unspecified atom stereocenters. The first-order valence-electron chi connectivity index (χ1n) is 6.24. The van der Waals surface area contributed by atoms with Crippen LogP contribution in [0.15, 0.2) is 54.6 Å². The molecule has 0 aromatic heterocycles. The van der Waals surface area contributed by atoms with E-state index < -0.39 is 0 Å². The standard InChI is InChI=1S/C8H10O.C6H6O.C2H6/c1-2-7-3-5-8(9)6-4-7;7-6-4-2-1-3-5-6;1-2/h3-6,9H,2H2,1H3;1-5,7H;1-2H3. The Labute approximate surface area is 110 Å². The fourth-order valence-electron chi connectivity index (χ4n) is 1.16. The van der Waals surface area contributed by atoms with Gasteiger partial charge in [0.25, 0.3) is 0 Å². The highest BCUT2D eigenvalue weighted by Gasteiger charge is 1.86. The quantitative estimate of drug-likeness (QED) is 0.784. The van der Waals surface area contributed by atoms with E-state index in [9.17, 15) is 0 Å². The molecule has 0 saturated carbocycles. The fourth-order valence-corrected chi connectivity index (χ4v) is 1.16. The number of aromatic hydroxyl groups is 2. The third-order valence-corrected chi connectivity index (χ3v) is 2.10. The van der Waals surface area contributed by atoms with Crippen molar-refractivity contribution < 1.29 is 10.2 Å². The van der Waals surface area contributed by atoms with Gasteiger partial charge >= 0.3 is 0 Å². The van der Waals surface area contributed by atoms with Crippen LogP contribution in [0, 0.1) is 0 Å². The lowest BCUT2D eigenvalue weighted by Crippen LogP contribution is -1.75. The van der Waals surface area contributed by atoms with E-state index in [2.05, 4.69) is 6.92 Å². The summed E-state index contributed by atoms with van der Waals surface area (Å²) >= 11 is 0. The van der Waals surface area contributed by atoms with Crippen LogP contribution in [-0.2, 0) is 6.42 Å². The van der Waals surface area contributed by atoms with Gasteiger partial charge in [0, 0.05) is 0 Å². The first kappa shape index (κ1) is 16.0. The summed E-state index contributed by atoms with van der Waals surface area (Å²) in [5, 5.41) is 17.5. The molecule has 2 rings (SSSR count). The third kappa shape index (κ3) is 7.34. The monoisotopic (exact) mass is 246 g/mol. The van der Waals surface area contributed by atoms with Crippen molar-refractivity contribution in [3.8, 4) is 11.5 Å². The van der Waals surface area contributed by atoms with E-state index in [0.717, 1.165) is 6.42 Å². The Hall–Kier alpha value is -1.96. The normalized spacial score (nSPS) is 8.39. The molecule has 0 aliphatic heterocycles. The highest BCUT2D eigenvalue weighted by atomic mass is 16.3. The van der Waals surface area contributed by atoms with Crippen molar-refractivity contribution in [3.63, 3.8) is 0 Å². The largest absolute Gasteiger partial charge is 0.508 e. The summed E-state index contributed by atoms with van der Waals surface area (Å²) in [5.74, 6) is 0.662. The van der Waals surface area contributed by atoms with Crippen molar-refractivity contribution >= 4 is 0 Å². The minimum absolute atomic E-state index is 0.322.